The van der Waals surface area contributed by atoms with Gasteiger partial charge in [0.25, 0.3) is 0 Å². The van der Waals surface area contributed by atoms with Crippen LogP contribution in [0, 0.1) is 0 Å². The van der Waals surface area contributed by atoms with Crippen LogP contribution in [0.4, 0.5) is 0 Å². The molecule has 54 valence electrons. The van der Waals surface area contributed by atoms with E-state index in [9.17, 15) is 4.79 Å². The molecule has 0 amide bonds. The minimum Gasteiger partial charge on any atom is -0.469 e. The SMILES string of the molecule is N[C@H](C=O)Cc1ccco1. The first-order valence-electron chi connectivity index (χ1n) is 3.06. The molecule has 3 nitrogen and oxygen atoms in total. The molecule has 0 radical (unpaired) electrons. The van der Waals surface area contributed by atoms with Crippen LogP contribution in [0.2, 0.25) is 0 Å². The lowest BCUT2D eigenvalue weighted by molar-refractivity contribution is -0.108. The van der Waals surface area contributed by atoms with E-state index < -0.39 is 6.04 Å². The summed E-state index contributed by atoms with van der Waals surface area (Å²) in [4.78, 5) is 10.1. The fourth-order valence-corrected chi connectivity index (χ4v) is 0.709. The first-order valence-corrected chi connectivity index (χ1v) is 3.06. The van der Waals surface area contributed by atoms with Crippen LogP contribution in [-0.2, 0) is 11.2 Å². The monoisotopic (exact) mass is 139 g/mol. The first-order chi connectivity index (χ1) is 4.83. The third-order valence-electron chi connectivity index (χ3n) is 1.19. The normalized spacial score (nSPS) is 12.9. The van der Waals surface area contributed by atoms with Crippen LogP contribution >= 0.6 is 0 Å². The third-order valence-corrected chi connectivity index (χ3v) is 1.19. The maximum absolute atomic E-state index is 10.1. The van der Waals surface area contributed by atoms with Crippen LogP contribution in [0.25, 0.3) is 0 Å². The molecule has 1 heterocycles. The average Bonchev–Trinajstić information content (AvgIpc) is 2.40. The van der Waals surface area contributed by atoms with Crippen LogP contribution < -0.4 is 5.73 Å². The molecule has 1 rings (SSSR count). The van der Waals surface area contributed by atoms with E-state index in [1.54, 1.807) is 18.4 Å². The molecule has 2 N–H and O–H groups in total. The van der Waals surface area contributed by atoms with Crippen molar-refractivity contribution in [3.8, 4) is 0 Å². The molecule has 0 aliphatic heterocycles. The predicted molar refractivity (Wildman–Crippen MR) is 36.5 cm³/mol. The van der Waals surface area contributed by atoms with Gasteiger partial charge in [-0.05, 0) is 12.1 Å². The van der Waals surface area contributed by atoms with E-state index in [1.165, 1.54) is 0 Å². The lowest BCUT2D eigenvalue weighted by Crippen LogP contribution is -2.23. The van der Waals surface area contributed by atoms with E-state index in [0.29, 0.717) is 12.7 Å². The van der Waals surface area contributed by atoms with E-state index in [2.05, 4.69) is 0 Å². The van der Waals surface area contributed by atoms with Gasteiger partial charge in [0.2, 0.25) is 0 Å². The molecule has 0 spiro atoms. The molecule has 1 aromatic heterocycles. The van der Waals surface area contributed by atoms with Gasteiger partial charge in [-0.15, -0.1) is 0 Å². The second-order valence-corrected chi connectivity index (χ2v) is 2.08. The topological polar surface area (TPSA) is 56.2 Å². The van der Waals surface area contributed by atoms with Crippen LogP contribution in [0.3, 0.4) is 0 Å². The van der Waals surface area contributed by atoms with E-state index >= 15 is 0 Å². The van der Waals surface area contributed by atoms with Crippen molar-refractivity contribution < 1.29 is 9.21 Å². The Morgan fingerprint density at radius 3 is 3.10 bits per heavy atom. The highest BCUT2D eigenvalue weighted by Gasteiger charge is 2.02. The molecule has 1 atom stereocenters. The zero-order valence-corrected chi connectivity index (χ0v) is 5.49. The van der Waals surface area contributed by atoms with Gasteiger partial charge in [-0.2, -0.15) is 0 Å². The molecule has 10 heavy (non-hydrogen) atoms. The average molecular weight is 139 g/mol. The summed E-state index contributed by atoms with van der Waals surface area (Å²) in [7, 11) is 0. The van der Waals surface area contributed by atoms with Crippen molar-refractivity contribution in [2.24, 2.45) is 5.73 Å². The molecule has 0 bridgehead atoms. The van der Waals surface area contributed by atoms with Gasteiger partial charge in [0.05, 0.1) is 12.3 Å². The van der Waals surface area contributed by atoms with Gasteiger partial charge < -0.3 is 14.9 Å². The summed E-state index contributed by atoms with van der Waals surface area (Å²) < 4.78 is 4.97. The standard InChI is InChI=1S/C7H9NO2/c8-6(5-9)4-7-2-1-3-10-7/h1-3,5-6H,4,8H2/t6-/m0/s1. The van der Waals surface area contributed by atoms with Gasteiger partial charge in [-0.3, -0.25) is 0 Å². The number of furan rings is 1. The van der Waals surface area contributed by atoms with Gasteiger partial charge in [0.15, 0.2) is 0 Å². The zero-order valence-electron chi connectivity index (χ0n) is 5.49. The van der Waals surface area contributed by atoms with Gasteiger partial charge in [0, 0.05) is 6.42 Å². The van der Waals surface area contributed by atoms with Crippen LogP contribution in [0.5, 0.6) is 0 Å². The molecule has 0 saturated carbocycles. The fourth-order valence-electron chi connectivity index (χ4n) is 0.709. The number of hydrogen-bond acceptors (Lipinski definition) is 3. The Kier molecular flexibility index (Phi) is 2.23. The molecular weight excluding hydrogens is 130 g/mol. The van der Waals surface area contributed by atoms with Crippen LogP contribution in [0.1, 0.15) is 5.76 Å². The summed E-state index contributed by atoms with van der Waals surface area (Å²) in [6.45, 7) is 0. The van der Waals surface area contributed by atoms with Crippen molar-refractivity contribution in [3.63, 3.8) is 0 Å². The third kappa shape index (κ3) is 1.70. The highest BCUT2D eigenvalue weighted by atomic mass is 16.3. The number of nitrogens with two attached hydrogens (primary N) is 1. The van der Waals surface area contributed by atoms with Crippen LogP contribution in [0.15, 0.2) is 22.8 Å². The van der Waals surface area contributed by atoms with Gasteiger partial charge >= 0.3 is 0 Å². The van der Waals surface area contributed by atoms with Crippen molar-refractivity contribution in [1.29, 1.82) is 0 Å². The van der Waals surface area contributed by atoms with E-state index in [1.807, 2.05) is 0 Å². The molecule has 1 aromatic rings. The second-order valence-electron chi connectivity index (χ2n) is 2.08. The molecule has 0 aromatic carbocycles. The molecule has 0 aliphatic rings. The number of aldehydes is 1. The molecule has 3 heteroatoms. The van der Waals surface area contributed by atoms with Crippen molar-refractivity contribution >= 4 is 6.29 Å². The minimum atomic E-state index is -0.439. The van der Waals surface area contributed by atoms with Gasteiger partial charge in [-0.25, -0.2) is 0 Å². The molecule has 0 aliphatic carbocycles. The Morgan fingerprint density at radius 2 is 2.60 bits per heavy atom. The summed E-state index contributed by atoms with van der Waals surface area (Å²) in [5.41, 5.74) is 5.34. The van der Waals surface area contributed by atoms with Crippen molar-refractivity contribution in [2.75, 3.05) is 0 Å². The Balaban J connectivity index is 2.47. The number of carbonyl (C=O) groups excluding carboxylic acids is 1. The molecule has 0 fully saturated rings. The van der Waals surface area contributed by atoms with Gasteiger partial charge in [-0.1, -0.05) is 0 Å². The lowest BCUT2D eigenvalue weighted by atomic mass is 10.2. The van der Waals surface area contributed by atoms with Crippen molar-refractivity contribution in [1.82, 2.24) is 0 Å². The number of carbonyl (C=O) groups is 1. The lowest BCUT2D eigenvalue weighted by Gasteiger charge is -1.97. The molecule has 0 unspecified atom stereocenters. The maximum Gasteiger partial charge on any atom is 0.137 e. The molecule has 0 saturated heterocycles. The highest BCUT2D eigenvalue weighted by molar-refractivity contribution is 5.57. The van der Waals surface area contributed by atoms with E-state index in [0.717, 1.165) is 5.76 Å². The quantitative estimate of drug-likeness (QED) is 0.614. The summed E-state index contributed by atoms with van der Waals surface area (Å²) in [5.74, 6) is 0.750. The molecular formula is C7H9NO2. The van der Waals surface area contributed by atoms with Crippen molar-refractivity contribution in [3.05, 3.63) is 24.2 Å². The Hall–Kier alpha value is -1.09. The summed E-state index contributed by atoms with van der Waals surface area (Å²) >= 11 is 0. The zero-order chi connectivity index (χ0) is 7.40. The van der Waals surface area contributed by atoms with E-state index in [-0.39, 0.29) is 0 Å². The predicted octanol–water partition coefficient (Wildman–Crippen LogP) is 0.348. The van der Waals surface area contributed by atoms with Crippen molar-refractivity contribution in [2.45, 2.75) is 12.5 Å². The summed E-state index contributed by atoms with van der Waals surface area (Å²) in [6, 6.07) is 3.13. The minimum absolute atomic E-state index is 0.439. The first kappa shape index (κ1) is 7.02. The summed E-state index contributed by atoms with van der Waals surface area (Å²) in [6.07, 6.45) is 2.76. The Bertz CT molecular complexity index is 193. The van der Waals surface area contributed by atoms with Gasteiger partial charge in [0.1, 0.15) is 12.0 Å². The highest BCUT2D eigenvalue weighted by Crippen LogP contribution is 2.01. The number of hydrogen-bond donors (Lipinski definition) is 1. The fraction of sp³-hybridized carbons (Fsp3) is 0.286. The van der Waals surface area contributed by atoms with E-state index in [4.69, 9.17) is 10.2 Å². The second kappa shape index (κ2) is 3.17. The summed E-state index contributed by atoms with van der Waals surface area (Å²) in [5, 5.41) is 0. The maximum atomic E-state index is 10.1. The largest absolute Gasteiger partial charge is 0.469 e. The number of rotatable bonds is 3. The smallest absolute Gasteiger partial charge is 0.137 e. The van der Waals surface area contributed by atoms with Crippen LogP contribution in [-0.4, -0.2) is 12.3 Å². The Labute approximate surface area is 58.8 Å². The Morgan fingerprint density at radius 1 is 1.80 bits per heavy atom.